The van der Waals surface area contributed by atoms with E-state index in [-0.39, 0.29) is 25.2 Å². The van der Waals surface area contributed by atoms with Crippen LogP contribution >= 0.6 is 11.6 Å². The first-order valence-corrected chi connectivity index (χ1v) is 18.9. The van der Waals surface area contributed by atoms with E-state index >= 15 is 0 Å². The maximum absolute atomic E-state index is 12.0. The molecule has 0 spiro atoms. The number of esters is 2. The van der Waals surface area contributed by atoms with E-state index in [0.717, 1.165) is 57.8 Å². The summed E-state index contributed by atoms with van der Waals surface area (Å²) in [6.07, 6.45) is 43.4. The summed E-state index contributed by atoms with van der Waals surface area (Å²) in [6.45, 7) is 4.67. The van der Waals surface area contributed by atoms with Crippen molar-refractivity contribution in [2.45, 2.75) is 186 Å². The Morgan fingerprint density at radius 1 is 0.477 bits per heavy atom. The zero-order chi connectivity index (χ0) is 32.2. The minimum atomic E-state index is -0.499. The summed E-state index contributed by atoms with van der Waals surface area (Å²) in [6, 6.07) is 0. The number of halogens is 1. The first-order valence-electron chi connectivity index (χ1n) is 18.5. The molecule has 0 aromatic heterocycles. The van der Waals surface area contributed by atoms with Crippen LogP contribution in [0.15, 0.2) is 36.5 Å². The molecule has 0 saturated carbocycles. The molecule has 0 unspecified atom stereocenters. The standard InChI is InChI=1S/C39H69ClO4/c1-3-5-7-9-11-13-15-17-19-21-23-25-27-29-31-33-38(41)43-35-37(40)36-44-39(42)34-32-30-28-26-24-22-20-18-16-14-12-10-8-6-4-2/h11,13,17-20,37H,3-10,12,14-16,21-36H2,1-2H3/t37-/m0/s1. The van der Waals surface area contributed by atoms with Gasteiger partial charge >= 0.3 is 11.9 Å². The summed E-state index contributed by atoms with van der Waals surface area (Å²) in [4.78, 5) is 24.0. The van der Waals surface area contributed by atoms with E-state index in [4.69, 9.17) is 21.1 Å². The van der Waals surface area contributed by atoms with Crippen LogP contribution in [-0.2, 0) is 19.1 Å². The second-order valence-electron chi connectivity index (χ2n) is 12.3. The molecule has 0 radical (unpaired) electrons. The molecule has 0 aliphatic rings. The molecule has 256 valence electrons. The molecule has 0 aromatic rings. The molecular weight excluding hydrogens is 568 g/mol. The zero-order valence-corrected chi connectivity index (χ0v) is 29.6. The number of hydrogen-bond acceptors (Lipinski definition) is 4. The van der Waals surface area contributed by atoms with E-state index in [1.165, 1.54) is 96.3 Å². The Morgan fingerprint density at radius 2 is 0.795 bits per heavy atom. The van der Waals surface area contributed by atoms with Crippen molar-refractivity contribution in [2.24, 2.45) is 0 Å². The number of unbranched alkanes of at least 4 members (excludes halogenated alkanes) is 19. The number of hydrogen-bond donors (Lipinski definition) is 0. The van der Waals surface area contributed by atoms with Crippen molar-refractivity contribution >= 4 is 23.5 Å². The number of rotatable bonds is 33. The van der Waals surface area contributed by atoms with E-state index in [1.54, 1.807) is 0 Å². The lowest BCUT2D eigenvalue weighted by atomic mass is 10.1. The van der Waals surface area contributed by atoms with Crippen LogP contribution < -0.4 is 0 Å². The van der Waals surface area contributed by atoms with E-state index in [9.17, 15) is 9.59 Å². The minimum absolute atomic E-state index is 0.0847. The molecular formula is C39H69ClO4. The molecule has 0 bridgehead atoms. The van der Waals surface area contributed by atoms with Crippen molar-refractivity contribution in [2.75, 3.05) is 13.2 Å². The maximum atomic E-state index is 12.0. The topological polar surface area (TPSA) is 52.6 Å². The molecule has 0 amide bonds. The Labute approximate surface area is 277 Å². The first kappa shape index (κ1) is 42.5. The van der Waals surface area contributed by atoms with Gasteiger partial charge in [-0.15, -0.1) is 11.6 Å². The van der Waals surface area contributed by atoms with Crippen molar-refractivity contribution in [3.8, 4) is 0 Å². The lowest BCUT2D eigenvalue weighted by molar-refractivity contribution is -0.146. The van der Waals surface area contributed by atoms with Gasteiger partial charge in [0.05, 0.1) is 0 Å². The van der Waals surface area contributed by atoms with E-state index < -0.39 is 5.38 Å². The lowest BCUT2D eigenvalue weighted by Crippen LogP contribution is -2.21. The van der Waals surface area contributed by atoms with Crippen LogP contribution in [0, 0.1) is 0 Å². The summed E-state index contributed by atoms with van der Waals surface area (Å²) < 4.78 is 10.5. The second kappa shape index (κ2) is 35.9. The van der Waals surface area contributed by atoms with Crippen LogP contribution in [0.5, 0.6) is 0 Å². The third-order valence-electron chi connectivity index (χ3n) is 7.82. The van der Waals surface area contributed by atoms with Gasteiger partial charge in [0.15, 0.2) is 0 Å². The van der Waals surface area contributed by atoms with Crippen molar-refractivity contribution in [3.63, 3.8) is 0 Å². The molecule has 1 atom stereocenters. The lowest BCUT2D eigenvalue weighted by Gasteiger charge is -2.11. The number of carbonyl (C=O) groups is 2. The van der Waals surface area contributed by atoms with Crippen LogP contribution in [0.25, 0.3) is 0 Å². The summed E-state index contributed by atoms with van der Waals surface area (Å²) in [5.41, 5.74) is 0. The maximum Gasteiger partial charge on any atom is 0.305 e. The zero-order valence-electron chi connectivity index (χ0n) is 28.9. The third-order valence-corrected chi connectivity index (χ3v) is 8.08. The van der Waals surface area contributed by atoms with Crippen molar-refractivity contribution in [1.82, 2.24) is 0 Å². The molecule has 5 heteroatoms. The smallest absolute Gasteiger partial charge is 0.305 e. The predicted molar refractivity (Wildman–Crippen MR) is 190 cm³/mol. The highest BCUT2D eigenvalue weighted by Crippen LogP contribution is 2.12. The third kappa shape index (κ3) is 34.9. The van der Waals surface area contributed by atoms with Gasteiger partial charge in [0.1, 0.15) is 18.6 Å². The Hall–Kier alpha value is -1.55. The first-order chi connectivity index (χ1) is 21.6. The van der Waals surface area contributed by atoms with Crippen LogP contribution in [0.1, 0.15) is 181 Å². The van der Waals surface area contributed by atoms with Gasteiger partial charge in [-0.3, -0.25) is 9.59 Å². The summed E-state index contributed by atoms with van der Waals surface area (Å²) >= 11 is 6.20. The number of ether oxygens (including phenoxy) is 2. The summed E-state index contributed by atoms with van der Waals surface area (Å²) in [5, 5.41) is -0.499. The molecule has 0 rings (SSSR count). The number of allylic oxidation sites excluding steroid dienone is 6. The van der Waals surface area contributed by atoms with Crippen LogP contribution in [0.3, 0.4) is 0 Å². The minimum Gasteiger partial charge on any atom is -0.464 e. The fraction of sp³-hybridized carbons (Fsp3) is 0.795. The average Bonchev–Trinajstić information content (AvgIpc) is 3.02. The fourth-order valence-corrected chi connectivity index (χ4v) is 5.11. The van der Waals surface area contributed by atoms with Gasteiger partial charge in [-0.25, -0.2) is 0 Å². The SMILES string of the molecule is CCCCCC=CCC=CCCCCCCCC(=O)OC[C@H](Cl)COC(=O)CCCCCCCC=CCCCCCCCC. The molecule has 0 heterocycles. The molecule has 0 saturated heterocycles. The van der Waals surface area contributed by atoms with Crippen molar-refractivity contribution < 1.29 is 19.1 Å². The van der Waals surface area contributed by atoms with Gasteiger partial charge in [0, 0.05) is 12.8 Å². The molecule has 0 aliphatic carbocycles. The van der Waals surface area contributed by atoms with Gasteiger partial charge in [0.25, 0.3) is 0 Å². The largest absolute Gasteiger partial charge is 0.464 e. The monoisotopic (exact) mass is 636 g/mol. The molecule has 0 aromatic carbocycles. The van der Waals surface area contributed by atoms with Crippen molar-refractivity contribution in [1.29, 1.82) is 0 Å². The van der Waals surface area contributed by atoms with Crippen LogP contribution in [0.4, 0.5) is 0 Å². The van der Waals surface area contributed by atoms with Gasteiger partial charge in [-0.1, -0.05) is 134 Å². The molecule has 0 fully saturated rings. The number of alkyl halides is 1. The van der Waals surface area contributed by atoms with E-state index in [1.807, 2.05) is 0 Å². The Morgan fingerprint density at radius 3 is 1.23 bits per heavy atom. The van der Waals surface area contributed by atoms with Gasteiger partial charge in [0.2, 0.25) is 0 Å². The van der Waals surface area contributed by atoms with Gasteiger partial charge in [-0.2, -0.15) is 0 Å². The van der Waals surface area contributed by atoms with Gasteiger partial charge < -0.3 is 9.47 Å². The molecule has 0 N–H and O–H groups in total. The Kier molecular flexibility index (Phi) is 34.7. The highest BCUT2D eigenvalue weighted by molar-refractivity contribution is 6.21. The quantitative estimate of drug-likeness (QED) is 0.0311. The second-order valence-corrected chi connectivity index (χ2v) is 12.9. The Balaban J connectivity index is 3.48. The van der Waals surface area contributed by atoms with Crippen LogP contribution in [0.2, 0.25) is 0 Å². The Bertz CT molecular complexity index is 715. The van der Waals surface area contributed by atoms with E-state index in [2.05, 4.69) is 50.3 Å². The normalized spacial score (nSPS) is 12.5. The molecule has 0 aliphatic heterocycles. The highest BCUT2D eigenvalue weighted by Gasteiger charge is 2.12. The van der Waals surface area contributed by atoms with Crippen molar-refractivity contribution in [3.05, 3.63) is 36.5 Å². The van der Waals surface area contributed by atoms with E-state index in [0.29, 0.717) is 12.8 Å². The average molecular weight is 637 g/mol. The highest BCUT2D eigenvalue weighted by atomic mass is 35.5. The molecule has 4 nitrogen and oxygen atoms in total. The number of carbonyl (C=O) groups excluding carboxylic acids is 2. The summed E-state index contributed by atoms with van der Waals surface area (Å²) in [5.74, 6) is -0.439. The fourth-order valence-electron chi connectivity index (χ4n) is 4.98. The summed E-state index contributed by atoms with van der Waals surface area (Å²) in [7, 11) is 0. The predicted octanol–water partition coefficient (Wildman–Crippen LogP) is 12.5. The van der Waals surface area contributed by atoms with Crippen LogP contribution in [-0.4, -0.2) is 30.5 Å². The molecule has 44 heavy (non-hydrogen) atoms. The van der Waals surface area contributed by atoms with Gasteiger partial charge in [-0.05, 0) is 70.6 Å².